The molecule has 0 unspecified atom stereocenters. The Labute approximate surface area is 136 Å². The van der Waals surface area contributed by atoms with E-state index in [-0.39, 0.29) is 5.91 Å². The summed E-state index contributed by atoms with van der Waals surface area (Å²) in [5, 5.41) is 9.85. The predicted molar refractivity (Wildman–Crippen MR) is 86.5 cm³/mol. The van der Waals surface area contributed by atoms with E-state index in [2.05, 4.69) is 0 Å². The van der Waals surface area contributed by atoms with Gasteiger partial charge in [0.15, 0.2) is 0 Å². The lowest BCUT2D eigenvalue weighted by Crippen LogP contribution is -2.40. The maximum atomic E-state index is 12.5. The highest BCUT2D eigenvalue weighted by molar-refractivity contribution is 7.17. The minimum Gasteiger partial charge on any atom is -0.480 e. The number of nitrogens with zero attached hydrogens (tertiary/aromatic N) is 1. The summed E-state index contributed by atoms with van der Waals surface area (Å²) in [6.45, 7) is 0.504. The topological polar surface area (TPSA) is 57.6 Å². The second-order valence-electron chi connectivity index (χ2n) is 5.17. The molecule has 1 amide bonds. The molecule has 0 spiro atoms. The summed E-state index contributed by atoms with van der Waals surface area (Å²) >= 11 is 7.25. The minimum atomic E-state index is -0.930. The molecule has 1 aromatic carbocycles. The van der Waals surface area contributed by atoms with Gasteiger partial charge in [0.2, 0.25) is 0 Å². The average molecular weight is 336 g/mol. The van der Waals surface area contributed by atoms with Crippen LogP contribution in [0.2, 0.25) is 5.02 Å². The van der Waals surface area contributed by atoms with Crippen LogP contribution in [0.3, 0.4) is 0 Å². The number of aliphatic carboxylic acids is 1. The number of hydrogen-bond acceptors (Lipinski definition) is 3. The van der Waals surface area contributed by atoms with Crippen LogP contribution in [0.15, 0.2) is 36.4 Å². The predicted octanol–water partition coefficient (Wildman–Crippen LogP) is 3.76. The van der Waals surface area contributed by atoms with Gasteiger partial charge < -0.3 is 10.0 Å². The quantitative estimate of drug-likeness (QED) is 0.929. The van der Waals surface area contributed by atoms with Gasteiger partial charge in [-0.05, 0) is 42.7 Å². The highest BCUT2D eigenvalue weighted by Crippen LogP contribution is 2.31. The molecule has 1 N–H and O–H groups in total. The van der Waals surface area contributed by atoms with Crippen molar-refractivity contribution in [3.05, 3.63) is 46.3 Å². The summed E-state index contributed by atoms with van der Waals surface area (Å²) in [6.07, 6.45) is 1.26. The lowest BCUT2D eigenvalue weighted by molar-refractivity contribution is -0.141. The summed E-state index contributed by atoms with van der Waals surface area (Å²) in [5.41, 5.74) is 0.990. The van der Waals surface area contributed by atoms with E-state index in [1.54, 1.807) is 18.2 Å². The van der Waals surface area contributed by atoms with Crippen molar-refractivity contribution >= 4 is 34.8 Å². The van der Waals surface area contributed by atoms with Crippen molar-refractivity contribution in [1.29, 1.82) is 0 Å². The molecule has 22 heavy (non-hydrogen) atoms. The molecule has 114 valence electrons. The first kappa shape index (κ1) is 15.1. The number of likely N-dealkylation sites (tertiary alicyclic amines) is 1. The molecule has 0 bridgehead atoms. The molecule has 3 rings (SSSR count). The van der Waals surface area contributed by atoms with Crippen LogP contribution >= 0.6 is 22.9 Å². The Hall–Kier alpha value is -1.85. The van der Waals surface area contributed by atoms with Crippen LogP contribution < -0.4 is 0 Å². The third-order valence-electron chi connectivity index (χ3n) is 3.74. The SMILES string of the molecule is O=C(O)[C@@H]1CCCN1C(=O)c1ccc(-c2ccc(Cl)cc2)s1. The summed E-state index contributed by atoms with van der Waals surface area (Å²) in [4.78, 5) is 26.7. The van der Waals surface area contributed by atoms with E-state index in [0.29, 0.717) is 22.9 Å². The fourth-order valence-electron chi connectivity index (χ4n) is 2.63. The Morgan fingerprint density at radius 3 is 2.59 bits per heavy atom. The van der Waals surface area contributed by atoms with Crippen LogP contribution in [0.4, 0.5) is 0 Å². The van der Waals surface area contributed by atoms with Gasteiger partial charge in [0.05, 0.1) is 4.88 Å². The maximum Gasteiger partial charge on any atom is 0.326 e. The van der Waals surface area contributed by atoms with Crippen molar-refractivity contribution in [1.82, 2.24) is 4.90 Å². The molecule has 1 saturated heterocycles. The molecule has 1 aliphatic heterocycles. The van der Waals surface area contributed by atoms with E-state index in [0.717, 1.165) is 16.9 Å². The van der Waals surface area contributed by atoms with E-state index < -0.39 is 12.0 Å². The number of carboxylic acids is 1. The van der Waals surface area contributed by atoms with Crippen molar-refractivity contribution < 1.29 is 14.7 Å². The monoisotopic (exact) mass is 335 g/mol. The van der Waals surface area contributed by atoms with Gasteiger partial charge in [-0.3, -0.25) is 4.79 Å². The first-order chi connectivity index (χ1) is 10.6. The van der Waals surface area contributed by atoms with Crippen molar-refractivity contribution in [2.75, 3.05) is 6.54 Å². The molecule has 2 aromatic rings. The molecule has 1 fully saturated rings. The molecule has 1 aromatic heterocycles. The van der Waals surface area contributed by atoms with Crippen LogP contribution in [0.25, 0.3) is 10.4 Å². The number of benzene rings is 1. The average Bonchev–Trinajstić information content (AvgIpc) is 3.17. The van der Waals surface area contributed by atoms with E-state index in [1.807, 2.05) is 18.2 Å². The highest BCUT2D eigenvalue weighted by Gasteiger charge is 2.34. The highest BCUT2D eigenvalue weighted by atomic mass is 35.5. The number of halogens is 1. The van der Waals surface area contributed by atoms with Crippen LogP contribution in [0.1, 0.15) is 22.5 Å². The van der Waals surface area contributed by atoms with Crippen molar-refractivity contribution in [2.24, 2.45) is 0 Å². The van der Waals surface area contributed by atoms with Crippen molar-refractivity contribution in [3.63, 3.8) is 0 Å². The summed E-state index contributed by atoms with van der Waals surface area (Å²) in [7, 11) is 0. The van der Waals surface area contributed by atoms with Crippen LogP contribution in [-0.4, -0.2) is 34.5 Å². The Balaban J connectivity index is 1.82. The molecular formula is C16H14ClNO3S. The number of carbonyl (C=O) groups is 2. The smallest absolute Gasteiger partial charge is 0.326 e. The third-order valence-corrected chi connectivity index (χ3v) is 5.12. The Kier molecular flexibility index (Phi) is 4.18. The Morgan fingerprint density at radius 2 is 1.91 bits per heavy atom. The fraction of sp³-hybridized carbons (Fsp3) is 0.250. The zero-order valence-corrected chi connectivity index (χ0v) is 13.2. The summed E-state index contributed by atoms with van der Waals surface area (Å²) in [6, 6.07) is 10.4. The number of thiophene rings is 1. The molecule has 1 aliphatic rings. The van der Waals surface area contributed by atoms with Gasteiger partial charge in [-0.25, -0.2) is 4.79 Å². The van der Waals surface area contributed by atoms with Gasteiger partial charge in [0.25, 0.3) is 5.91 Å². The number of rotatable bonds is 3. The number of amides is 1. The Morgan fingerprint density at radius 1 is 1.18 bits per heavy atom. The van der Waals surface area contributed by atoms with Crippen molar-refractivity contribution in [2.45, 2.75) is 18.9 Å². The van der Waals surface area contributed by atoms with Gasteiger partial charge in [-0.15, -0.1) is 11.3 Å². The van der Waals surface area contributed by atoms with Crippen LogP contribution in [0, 0.1) is 0 Å². The second kappa shape index (κ2) is 6.10. The Bertz CT molecular complexity index is 710. The van der Waals surface area contributed by atoms with Crippen LogP contribution in [0.5, 0.6) is 0 Å². The van der Waals surface area contributed by atoms with Crippen LogP contribution in [-0.2, 0) is 4.79 Å². The lowest BCUT2D eigenvalue weighted by Gasteiger charge is -2.20. The second-order valence-corrected chi connectivity index (χ2v) is 6.69. The van der Waals surface area contributed by atoms with E-state index in [9.17, 15) is 14.7 Å². The fourth-order valence-corrected chi connectivity index (χ4v) is 3.72. The van der Waals surface area contributed by atoms with E-state index in [1.165, 1.54) is 16.2 Å². The lowest BCUT2D eigenvalue weighted by atomic mass is 10.2. The summed E-state index contributed by atoms with van der Waals surface area (Å²) < 4.78 is 0. The zero-order chi connectivity index (χ0) is 15.7. The molecule has 2 heterocycles. The molecule has 0 radical (unpaired) electrons. The number of carboxylic acid groups (broad SMARTS) is 1. The summed E-state index contributed by atoms with van der Waals surface area (Å²) in [5.74, 6) is -1.13. The molecule has 0 aliphatic carbocycles. The molecular weight excluding hydrogens is 322 g/mol. The maximum absolute atomic E-state index is 12.5. The molecule has 4 nitrogen and oxygen atoms in total. The van der Waals surface area contributed by atoms with Crippen molar-refractivity contribution in [3.8, 4) is 10.4 Å². The number of carbonyl (C=O) groups excluding carboxylic acids is 1. The largest absolute Gasteiger partial charge is 0.480 e. The molecule has 0 saturated carbocycles. The first-order valence-corrected chi connectivity index (χ1v) is 8.15. The minimum absolute atomic E-state index is 0.199. The van der Waals surface area contributed by atoms with Gasteiger partial charge >= 0.3 is 5.97 Å². The van der Waals surface area contributed by atoms with Gasteiger partial charge in [0, 0.05) is 16.4 Å². The normalized spacial score (nSPS) is 17.7. The van der Waals surface area contributed by atoms with Gasteiger partial charge in [-0.2, -0.15) is 0 Å². The first-order valence-electron chi connectivity index (χ1n) is 6.96. The van der Waals surface area contributed by atoms with Gasteiger partial charge in [0.1, 0.15) is 6.04 Å². The van der Waals surface area contributed by atoms with E-state index >= 15 is 0 Å². The standard InChI is InChI=1S/C16H14ClNO3S/c17-11-5-3-10(4-6-11)13-7-8-14(22-13)15(19)18-9-1-2-12(18)16(20)21/h3-8,12H,1-2,9H2,(H,20,21)/t12-/m0/s1. The molecule has 6 heteroatoms. The molecule has 1 atom stereocenters. The van der Waals surface area contributed by atoms with E-state index in [4.69, 9.17) is 11.6 Å². The third kappa shape index (κ3) is 2.87. The van der Waals surface area contributed by atoms with Gasteiger partial charge in [-0.1, -0.05) is 23.7 Å². The zero-order valence-electron chi connectivity index (χ0n) is 11.7. The number of hydrogen-bond donors (Lipinski definition) is 1.